The number of aromatic nitrogens is 1. The van der Waals surface area contributed by atoms with Crippen LogP contribution in [-0.4, -0.2) is 77.7 Å². The van der Waals surface area contributed by atoms with Gasteiger partial charge in [0.1, 0.15) is 6.26 Å². The minimum absolute atomic E-state index is 0.0751. The van der Waals surface area contributed by atoms with Crippen molar-refractivity contribution in [2.75, 3.05) is 45.8 Å². The fraction of sp³-hybridized carbons (Fsp3) is 0.778. The molecule has 0 unspecified atom stereocenters. The molecule has 3 rings (SSSR count). The van der Waals surface area contributed by atoms with Gasteiger partial charge in [0, 0.05) is 57.9 Å². The van der Waals surface area contributed by atoms with Crippen LogP contribution < -0.4 is 5.32 Å². The summed E-state index contributed by atoms with van der Waals surface area (Å²) in [6.45, 7) is 9.24. The lowest BCUT2D eigenvalue weighted by atomic mass is 10.0. The van der Waals surface area contributed by atoms with Gasteiger partial charge in [-0.1, -0.05) is 18.5 Å². The molecule has 7 nitrogen and oxygen atoms in total. The van der Waals surface area contributed by atoms with E-state index in [0.717, 1.165) is 51.5 Å². The Morgan fingerprint density at radius 2 is 2.12 bits per heavy atom. The van der Waals surface area contributed by atoms with Gasteiger partial charge in [-0.05, 0) is 25.8 Å². The van der Waals surface area contributed by atoms with Crippen LogP contribution in [0.15, 0.2) is 16.9 Å². The summed E-state index contributed by atoms with van der Waals surface area (Å²) in [5.41, 5.74) is 0.949. The summed E-state index contributed by atoms with van der Waals surface area (Å²) < 4.78 is 4.87. The molecule has 1 atom stereocenters. The highest BCUT2D eigenvalue weighted by atomic mass is 16.5. The van der Waals surface area contributed by atoms with Gasteiger partial charge >= 0.3 is 6.03 Å². The Hall–Kier alpha value is -1.60. The zero-order chi connectivity index (χ0) is 17.5. The van der Waals surface area contributed by atoms with Gasteiger partial charge in [0.25, 0.3) is 0 Å². The van der Waals surface area contributed by atoms with E-state index in [-0.39, 0.29) is 6.03 Å². The number of nitrogens with zero attached hydrogens (tertiary/aromatic N) is 4. The highest BCUT2D eigenvalue weighted by Crippen LogP contribution is 2.18. The quantitative estimate of drug-likeness (QED) is 0.848. The highest BCUT2D eigenvalue weighted by Gasteiger charge is 2.23. The van der Waals surface area contributed by atoms with E-state index in [1.807, 2.05) is 11.0 Å². The Labute approximate surface area is 150 Å². The predicted octanol–water partition coefficient (Wildman–Crippen LogP) is 1.77. The summed E-state index contributed by atoms with van der Waals surface area (Å²) in [6, 6.07) is 2.67. The Morgan fingerprint density at radius 1 is 1.28 bits per heavy atom. The minimum Gasteiger partial charge on any atom is -0.364 e. The lowest BCUT2D eigenvalue weighted by molar-refractivity contribution is 0.127. The van der Waals surface area contributed by atoms with E-state index < -0.39 is 0 Å². The van der Waals surface area contributed by atoms with Gasteiger partial charge in [-0.3, -0.25) is 9.80 Å². The first-order valence-corrected chi connectivity index (χ1v) is 9.64. The first kappa shape index (κ1) is 18.2. The van der Waals surface area contributed by atoms with Crippen LogP contribution in [0.5, 0.6) is 0 Å². The number of amides is 2. The van der Waals surface area contributed by atoms with Crippen LogP contribution in [-0.2, 0) is 6.54 Å². The van der Waals surface area contributed by atoms with Gasteiger partial charge in [-0.15, -0.1) is 0 Å². The molecule has 0 aliphatic carbocycles. The molecule has 3 heterocycles. The van der Waals surface area contributed by atoms with Gasteiger partial charge < -0.3 is 14.7 Å². The molecule has 2 aliphatic rings. The zero-order valence-corrected chi connectivity index (χ0v) is 15.3. The van der Waals surface area contributed by atoms with Gasteiger partial charge in [-0.2, -0.15) is 0 Å². The number of piperazine rings is 1. The van der Waals surface area contributed by atoms with Crippen molar-refractivity contribution in [1.29, 1.82) is 0 Å². The molecule has 2 amide bonds. The van der Waals surface area contributed by atoms with Gasteiger partial charge in [0.2, 0.25) is 0 Å². The zero-order valence-electron chi connectivity index (χ0n) is 15.3. The van der Waals surface area contributed by atoms with E-state index in [1.165, 1.54) is 32.2 Å². The van der Waals surface area contributed by atoms with E-state index in [4.69, 9.17) is 4.52 Å². The maximum atomic E-state index is 12.4. The minimum atomic E-state index is 0.0751. The molecule has 1 aromatic rings. The Bertz CT molecular complexity index is 514. The molecule has 7 heteroatoms. The van der Waals surface area contributed by atoms with Crippen molar-refractivity contribution in [2.24, 2.45) is 0 Å². The third kappa shape index (κ3) is 5.19. The molecule has 2 aliphatic heterocycles. The second kappa shape index (κ2) is 9.20. The molecule has 25 heavy (non-hydrogen) atoms. The molecule has 0 bridgehead atoms. The normalized spacial score (nSPS) is 22.9. The summed E-state index contributed by atoms with van der Waals surface area (Å²) in [4.78, 5) is 19.1. The van der Waals surface area contributed by atoms with Crippen LogP contribution in [0.1, 0.15) is 38.3 Å². The average molecular weight is 349 g/mol. The summed E-state index contributed by atoms with van der Waals surface area (Å²) in [5, 5.41) is 7.05. The predicted molar refractivity (Wildman–Crippen MR) is 96.3 cm³/mol. The number of urea groups is 1. The number of nitrogens with one attached hydrogen (secondary N) is 1. The van der Waals surface area contributed by atoms with E-state index in [1.54, 1.807) is 6.26 Å². The maximum absolute atomic E-state index is 12.4. The van der Waals surface area contributed by atoms with Gasteiger partial charge in [0.15, 0.2) is 0 Å². The van der Waals surface area contributed by atoms with Crippen LogP contribution in [0.4, 0.5) is 4.79 Å². The summed E-state index contributed by atoms with van der Waals surface area (Å²) in [6.07, 6.45) is 6.75. The number of carbonyl (C=O) groups excluding carboxylic acids is 1. The molecular weight excluding hydrogens is 318 g/mol. The first-order chi connectivity index (χ1) is 12.3. The van der Waals surface area contributed by atoms with Crippen molar-refractivity contribution in [2.45, 2.75) is 45.2 Å². The molecule has 0 radical (unpaired) electrons. The molecule has 140 valence electrons. The standard InChI is InChI=1S/C18H31N5O2/c1-2-17-5-3-4-8-22(17)9-7-19-18(24)23-12-10-21(11-13-23)15-16-6-14-25-20-16/h6,14,17H,2-5,7-13,15H2,1H3,(H,19,24)/t17-/m1/s1. The highest BCUT2D eigenvalue weighted by molar-refractivity contribution is 5.74. The average Bonchev–Trinajstić information content (AvgIpc) is 3.15. The van der Waals surface area contributed by atoms with Crippen molar-refractivity contribution in [3.63, 3.8) is 0 Å². The van der Waals surface area contributed by atoms with Crippen LogP contribution in [0, 0.1) is 0 Å². The fourth-order valence-electron chi connectivity index (χ4n) is 3.89. The first-order valence-electron chi connectivity index (χ1n) is 9.64. The van der Waals surface area contributed by atoms with E-state index in [2.05, 4.69) is 27.2 Å². The van der Waals surface area contributed by atoms with Crippen LogP contribution in [0.2, 0.25) is 0 Å². The van der Waals surface area contributed by atoms with Crippen molar-refractivity contribution in [3.8, 4) is 0 Å². The fourth-order valence-corrected chi connectivity index (χ4v) is 3.89. The van der Waals surface area contributed by atoms with Crippen molar-refractivity contribution < 1.29 is 9.32 Å². The maximum Gasteiger partial charge on any atom is 0.317 e. The van der Waals surface area contributed by atoms with Crippen LogP contribution in [0.25, 0.3) is 0 Å². The van der Waals surface area contributed by atoms with Crippen molar-refractivity contribution in [3.05, 3.63) is 18.0 Å². The smallest absolute Gasteiger partial charge is 0.317 e. The number of piperidine rings is 1. The third-order valence-corrected chi connectivity index (χ3v) is 5.43. The Kier molecular flexibility index (Phi) is 6.69. The molecular formula is C18H31N5O2. The van der Waals surface area contributed by atoms with E-state index >= 15 is 0 Å². The second-order valence-corrected chi connectivity index (χ2v) is 7.08. The lowest BCUT2D eigenvalue weighted by Gasteiger charge is -2.36. The Morgan fingerprint density at radius 3 is 2.84 bits per heavy atom. The monoisotopic (exact) mass is 349 g/mol. The molecule has 0 spiro atoms. The van der Waals surface area contributed by atoms with E-state index in [0.29, 0.717) is 6.04 Å². The van der Waals surface area contributed by atoms with E-state index in [9.17, 15) is 4.79 Å². The number of carbonyl (C=O) groups is 1. The van der Waals surface area contributed by atoms with Crippen LogP contribution >= 0.6 is 0 Å². The molecule has 1 aromatic heterocycles. The second-order valence-electron chi connectivity index (χ2n) is 7.08. The molecule has 0 saturated carbocycles. The molecule has 1 N–H and O–H groups in total. The molecule has 2 fully saturated rings. The summed E-state index contributed by atoms with van der Waals surface area (Å²) >= 11 is 0. The number of rotatable bonds is 6. The Balaban J connectivity index is 1.33. The molecule has 2 saturated heterocycles. The van der Waals surface area contributed by atoms with Gasteiger partial charge in [0.05, 0.1) is 5.69 Å². The summed E-state index contributed by atoms with van der Waals surface area (Å²) in [5.74, 6) is 0. The topological polar surface area (TPSA) is 64.9 Å². The SMILES string of the molecule is CC[C@@H]1CCCCN1CCNC(=O)N1CCN(Cc2ccon2)CC1. The third-order valence-electron chi connectivity index (χ3n) is 5.43. The van der Waals surface area contributed by atoms with Gasteiger partial charge in [-0.25, -0.2) is 4.79 Å². The van der Waals surface area contributed by atoms with Crippen molar-refractivity contribution >= 4 is 6.03 Å². The van der Waals surface area contributed by atoms with Crippen molar-refractivity contribution in [1.82, 2.24) is 25.2 Å². The van der Waals surface area contributed by atoms with Crippen LogP contribution in [0.3, 0.4) is 0 Å². The number of likely N-dealkylation sites (tertiary alicyclic amines) is 1. The number of hydrogen-bond donors (Lipinski definition) is 1. The number of hydrogen-bond acceptors (Lipinski definition) is 5. The largest absolute Gasteiger partial charge is 0.364 e. The molecule has 0 aromatic carbocycles. The summed E-state index contributed by atoms with van der Waals surface area (Å²) in [7, 11) is 0. The lowest BCUT2D eigenvalue weighted by Crippen LogP contribution is -2.52.